The Morgan fingerprint density at radius 3 is 2.52 bits per heavy atom. The molecule has 7 heteroatoms. The number of benzene rings is 2. The molecule has 5 nitrogen and oxygen atoms in total. The van der Waals surface area contributed by atoms with Gasteiger partial charge >= 0.3 is 5.97 Å². The van der Waals surface area contributed by atoms with Crippen molar-refractivity contribution in [2.24, 2.45) is 0 Å². The lowest BCUT2D eigenvalue weighted by atomic mass is 10.2. The number of hydrogen-bond donors (Lipinski definition) is 1. The summed E-state index contributed by atoms with van der Waals surface area (Å²) in [6.07, 6.45) is 0. The number of ether oxygens (including phenoxy) is 1. The average Bonchev–Trinajstić information content (AvgIpc) is 2.52. The van der Waals surface area contributed by atoms with Crippen molar-refractivity contribution in [3.05, 3.63) is 64.1 Å². The molecule has 0 aromatic heterocycles. The topological polar surface area (TPSA) is 72.5 Å². The first-order valence-corrected chi connectivity index (χ1v) is 9.11. The van der Waals surface area contributed by atoms with Gasteiger partial charge in [-0.15, -0.1) is 0 Å². The first-order valence-electron chi connectivity index (χ1n) is 6.83. The first-order chi connectivity index (χ1) is 10.9. The second-order valence-corrected chi connectivity index (χ2v) is 7.61. The van der Waals surface area contributed by atoms with Crippen molar-refractivity contribution < 1.29 is 17.9 Å². The Kier molecular flexibility index (Phi) is 5.92. The molecule has 0 fully saturated rings. The van der Waals surface area contributed by atoms with E-state index in [-0.39, 0.29) is 11.5 Å². The molecule has 0 spiro atoms. The smallest absolute Gasteiger partial charge is 0.321 e. The molecule has 0 heterocycles. The number of sulfonamides is 1. The Morgan fingerprint density at radius 1 is 1.17 bits per heavy atom. The average molecular weight is 398 g/mol. The van der Waals surface area contributed by atoms with Gasteiger partial charge in [-0.2, -0.15) is 4.72 Å². The predicted octanol–water partition coefficient (Wildman–Crippen LogP) is 2.78. The number of rotatable bonds is 6. The molecule has 23 heavy (non-hydrogen) atoms. The zero-order chi connectivity index (χ0) is 16.9. The second kappa shape index (κ2) is 7.72. The monoisotopic (exact) mass is 397 g/mol. The summed E-state index contributed by atoms with van der Waals surface area (Å²) in [6, 6.07) is 13.8. The van der Waals surface area contributed by atoms with Crippen LogP contribution in [0.5, 0.6) is 0 Å². The third-order valence-corrected chi connectivity index (χ3v) is 4.93. The molecule has 0 aliphatic rings. The molecule has 0 saturated carbocycles. The predicted molar refractivity (Wildman–Crippen MR) is 90.3 cm³/mol. The summed E-state index contributed by atoms with van der Waals surface area (Å²) < 4.78 is 32.0. The molecule has 2 aromatic carbocycles. The van der Waals surface area contributed by atoms with Gasteiger partial charge < -0.3 is 4.74 Å². The molecule has 0 aliphatic heterocycles. The Hall–Kier alpha value is -1.70. The largest absolute Gasteiger partial charge is 0.460 e. The highest BCUT2D eigenvalue weighted by atomic mass is 79.9. The van der Waals surface area contributed by atoms with E-state index in [1.54, 1.807) is 12.1 Å². The third-order valence-electron chi connectivity index (χ3n) is 3.03. The molecule has 0 bridgehead atoms. The minimum Gasteiger partial charge on any atom is -0.460 e. The van der Waals surface area contributed by atoms with Crippen molar-refractivity contribution in [3.63, 3.8) is 0 Å². The highest BCUT2D eigenvalue weighted by Gasteiger charge is 2.16. The van der Waals surface area contributed by atoms with Crippen LogP contribution < -0.4 is 4.72 Å². The number of nitrogens with one attached hydrogen (secondary N) is 1. The van der Waals surface area contributed by atoms with Crippen molar-refractivity contribution in [3.8, 4) is 0 Å². The van der Waals surface area contributed by atoms with E-state index in [9.17, 15) is 13.2 Å². The van der Waals surface area contributed by atoms with Gasteiger partial charge in [0.25, 0.3) is 0 Å². The van der Waals surface area contributed by atoms with E-state index in [4.69, 9.17) is 4.74 Å². The summed E-state index contributed by atoms with van der Waals surface area (Å²) in [4.78, 5) is 11.8. The number of hydrogen-bond acceptors (Lipinski definition) is 4. The van der Waals surface area contributed by atoms with Gasteiger partial charge in [-0.3, -0.25) is 4.79 Å². The van der Waals surface area contributed by atoms with Gasteiger partial charge in [-0.1, -0.05) is 51.8 Å². The van der Waals surface area contributed by atoms with Crippen molar-refractivity contribution in [2.75, 3.05) is 6.54 Å². The molecule has 2 aromatic rings. The quantitative estimate of drug-likeness (QED) is 0.760. The summed E-state index contributed by atoms with van der Waals surface area (Å²) in [6.45, 7) is 1.66. The summed E-state index contributed by atoms with van der Waals surface area (Å²) >= 11 is 3.21. The van der Waals surface area contributed by atoms with Gasteiger partial charge in [0.2, 0.25) is 10.0 Å². The van der Waals surface area contributed by atoms with Crippen molar-refractivity contribution in [1.82, 2.24) is 4.72 Å². The summed E-state index contributed by atoms with van der Waals surface area (Å²) in [5, 5.41) is 0. The molecular formula is C16H16BrNO4S. The van der Waals surface area contributed by atoms with Crippen LogP contribution in [-0.2, 0) is 26.2 Å². The van der Waals surface area contributed by atoms with Crippen LogP contribution in [0.3, 0.4) is 0 Å². The van der Waals surface area contributed by atoms with Crippen LogP contribution in [0.25, 0.3) is 0 Å². The molecule has 122 valence electrons. The van der Waals surface area contributed by atoms with E-state index in [0.29, 0.717) is 4.47 Å². The minimum absolute atomic E-state index is 0.0817. The fourth-order valence-electron chi connectivity index (χ4n) is 1.77. The number of esters is 1. The lowest BCUT2D eigenvalue weighted by molar-refractivity contribution is -0.143. The van der Waals surface area contributed by atoms with E-state index in [1.807, 2.05) is 31.2 Å². The Morgan fingerprint density at radius 2 is 1.87 bits per heavy atom. The molecule has 0 atom stereocenters. The maximum absolute atomic E-state index is 12.1. The zero-order valence-electron chi connectivity index (χ0n) is 12.5. The summed E-state index contributed by atoms with van der Waals surface area (Å²) in [5.74, 6) is -0.635. The maximum Gasteiger partial charge on any atom is 0.321 e. The van der Waals surface area contributed by atoms with Gasteiger partial charge in [0.1, 0.15) is 13.2 Å². The SMILES string of the molecule is Cc1ccc(COC(=O)CNS(=O)(=O)c2cccc(Br)c2)cc1. The molecule has 0 saturated heterocycles. The van der Waals surface area contributed by atoms with Gasteiger partial charge in [-0.25, -0.2) is 8.42 Å². The maximum atomic E-state index is 12.1. The minimum atomic E-state index is -3.75. The Balaban J connectivity index is 1.87. The Bertz CT molecular complexity index is 788. The number of carbonyl (C=O) groups excluding carboxylic acids is 1. The van der Waals surface area contributed by atoms with Crippen LogP contribution in [0.15, 0.2) is 57.9 Å². The van der Waals surface area contributed by atoms with Crippen LogP contribution in [0.1, 0.15) is 11.1 Å². The van der Waals surface area contributed by atoms with Crippen molar-refractivity contribution in [1.29, 1.82) is 0 Å². The number of halogens is 1. The van der Waals surface area contributed by atoms with E-state index in [1.165, 1.54) is 12.1 Å². The van der Waals surface area contributed by atoms with E-state index >= 15 is 0 Å². The summed E-state index contributed by atoms with van der Waals surface area (Å²) in [7, 11) is -3.75. The van der Waals surface area contributed by atoms with Gasteiger partial charge in [0.15, 0.2) is 0 Å². The summed E-state index contributed by atoms with van der Waals surface area (Å²) in [5.41, 5.74) is 1.96. The fraction of sp³-hybridized carbons (Fsp3) is 0.188. The van der Waals surface area contributed by atoms with Gasteiger partial charge in [0.05, 0.1) is 4.90 Å². The second-order valence-electron chi connectivity index (χ2n) is 4.93. The van der Waals surface area contributed by atoms with Gasteiger partial charge in [-0.05, 0) is 30.7 Å². The van der Waals surface area contributed by atoms with Crippen LogP contribution in [0.2, 0.25) is 0 Å². The van der Waals surface area contributed by atoms with Crippen LogP contribution in [0, 0.1) is 6.92 Å². The fourth-order valence-corrected chi connectivity index (χ4v) is 3.34. The molecular weight excluding hydrogens is 382 g/mol. The van der Waals surface area contributed by atoms with Crippen LogP contribution in [0.4, 0.5) is 0 Å². The molecule has 0 aliphatic carbocycles. The van der Waals surface area contributed by atoms with E-state index in [2.05, 4.69) is 20.7 Å². The Labute approximate surface area is 143 Å². The van der Waals surface area contributed by atoms with Crippen molar-refractivity contribution >= 4 is 31.9 Å². The molecule has 2 rings (SSSR count). The highest BCUT2D eigenvalue weighted by Crippen LogP contribution is 2.15. The van der Waals surface area contributed by atoms with Crippen molar-refractivity contribution in [2.45, 2.75) is 18.4 Å². The molecule has 0 unspecified atom stereocenters. The normalized spacial score (nSPS) is 11.2. The lowest BCUT2D eigenvalue weighted by Gasteiger charge is -2.08. The molecule has 1 N–H and O–H groups in total. The molecule has 0 radical (unpaired) electrons. The zero-order valence-corrected chi connectivity index (χ0v) is 14.9. The van der Waals surface area contributed by atoms with E-state index in [0.717, 1.165) is 11.1 Å². The first kappa shape index (κ1) is 17.7. The van der Waals surface area contributed by atoms with E-state index < -0.39 is 22.5 Å². The number of aryl methyl sites for hydroxylation is 1. The van der Waals surface area contributed by atoms with Crippen LogP contribution in [-0.4, -0.2) is 20.9 Å². The van der Waals surface area contributed by atoms with Gasteiger partial charge in [0, 0.05) is 4.47 Å². The third kappa shape index (κ3) is 5.46. The lowest BCUT2D eigenvalue weighted by Crippen LogP contribution is -2.30. The highest BCUT2D eigenvalue weighted by molar-refractivity contribution is 9.10. The number of carbonyl (C=O) groups is 1. The van der Waals surface area contributed by atoms with Crippen LogP contribution >= 0.6 is 15.9 Å². The molecule has 0 amide bonds. The standard InChI is InChI=1S/C16H16BrNO4S/c1-12-5-7-13(8-6-12)11-22-16(19)10-18-23(20,21)15-4-2-3-14(17)9-15/h2-9,18H,10-11H2,1H3.